The minimum absolute atomic E-state index is 0.852. The Bertz CT molecular complexity index is 1580. The Hall–Kier alpha value is -4.60. The van der Waals surface area contributed by atoms with Gasteiger partial charge in [-0.15, -0.1) is 0 Å². The van der Waals surface area contributed by atoms with Gasteiger partial charge >= 0.3 is 0 Å². The van der Waals surface area contributed by atoms with E-state index in [1.165, 1.54) is 65.8 Å². The van der Waals surface area contributed by atoms with Gasteiger partial charge in [0, 0.05) is 122 Å². The number of hydrogen-bond acceptors (Lipinski definition) is 8. The number of hydrogen-bond donors (Lipinski definition) is 8. The van der Waals surface area contributed by atoms with Crippen molar-refractivity contribution in [2.45, 2.75) is 0 Å². The number of rotatable bonds is 0. The average molecular weight is 641 g/mol. The van der Waals surface area contributed by atoms with Crippen molar-refractivity contribution in [1.29, 1.82) is 0 Å². The second kappa shape index (κ2) is 16.0. The van der Waals surface area contributed by atoms with E-state index in [1.807, 2.05) is 0 Å². The lowest BCUT2D eigenvalue weighted by Crippen LogP contribution is -2.33. The van der Waals surface area contributed by atoms with Gasteiger partial charge in [-0.25, -0.2) is 0 Å². The SMILES string of the molecule is c1ccc2c3c4ccccc4c(c2c1)NCCNCCNCCNc1c2ccccc2c(c2ccccc12)NCCNCCNCCN3. The second-order valence-electron chi connectivity index (χ2n) is 12.4. The van der Waals surface area contributed by atoms with Crippen LogP contribution < -0.4 is 42.5 Å². The van der Waals surface area contributed by atoms with Gasteiger partial charge in [0.2, 0.25) is 0 Å². The zero-order valence-electron chi connectivity index (χ0n) is 27.7. The average Bonchev–Trinajstić information content (AvgIpc) is 3.13. The predicted molar refractivity (Wildman–Crippen MR) is 208 cm³/mol. The monoisotopic (exact) mass is 640 g/mol. The Morgan fingerprint density at radius 1 is 0.229 bits per heavy atom. The molecule has 2 aliphatic heterocycles. The predicted octanol–water partition coefficient (Wildman–Crippen LogP) is 6.02. The molecule has 0 spiro atoms. The molecule has 0 saturated carbocycles. The first kappa shape index (κ1) is 32.0. The maximum Gasteiger partial charge on any atom is 0.0501 e. The van der Waals surface area contributed by atoms with E-state index in [2.05, 4.69) is 140 Å². The molecule has 0 saturated heterocycles. The highest BCUT2D eigenvalue weighted by atomic mass is 15.0. The molecule has 0 radical (unpaired) electrons. The van der Waals surface area contributed by atoms with Gasteiger partial charge in [-0.1, -0.05) is 97.1 Å². The van der Waals surface area contributed by atoms with E-state index in [4.69, 9.17) is 0 Å². The van der Waals surface area contributed by atoms with Crippen LogP contribution in [0.2, 0.25) is 0 Å². The summed E-state index contributed by atoms with van der Waals surface area (Å²) in [6.45, 7) is 10.6. The normalized spacial score (nSPS) is 16.5. The fourth-order valence-electron chi connectivity index (χ4n) is 6.98. The molecular formula is C40H48N8. The number of anilines is 4. The topological polar surface area (TPSA) is 96.2 Å². The summed E-state index contributed by atoms with van der Waals surface area (Å²) in [7, 11) is 0. The molecule has 8 rings (SSSR count). The third-order valence-electron chi connectivity index (χ3n) is 9.23. The van der Waals surface area contributed by atoms with Crippen LogP contribution >= 0.6 is 0 Å². The van der Waals surface area contributed by atoms with Crippen LogP contribution in [0.3, 0.4) is 0 Å². The molecule has 248 valence electrons. The molecule has 6 aromatic carbocycles. The fourth-order valence-corrected chi connectivity index (χ4v) is 6.98. The Morgan fingerprint density at radius 2 is 0.396 bits per heavy atom. The first-order chi connectivity index (χ1) is 23.9. The van der Waals surface area contributed by atoms with Crippen LogP contribution in [-0.4, -0.2) is 78.5 Å². The van der Waals surface area contributed by atoms with Crippen molar-refractivity contribution < 1.29 is 0 Å². The molecule has 6 aromatic rings. The van der Waals surface area contributed by atoms with Gasteiger partial charge in [0.15, 0.2) is 0 Å². The summed E-state index contributed by atoms with van der Waals surface area (Å²) >= 11 is 0. The molecule has 2 aliphatic rings. The van der Waals surface area contributed by atoms with E-state index in [9.17, 15) is 0 Å². The largest absolute Gasteiger partial charge is 0.383 e. The molecule has 0 aliphatic carbocycles. The molecule has 4 bridgehead atoms. The van der Waals surface area contributed by atoms with Crippen molar-refractivity contribution in [2.24, 2.45) is 0 Å². The van der Waals surface area contributed by atoms with Crippen LogP contribution in [0.1, 0.15) is 0 Å². The Morgan fingerprint density at radius 3 is 0.583 bits per heavy atom. The molecule has 8 nitrogen and oxygen atoms in total. The summed E-state index contributed by atoms with van der Waals surface area (Å²) < 4.78 is 0. The van der Waals surface area contributed by atoms with E-state index in [1.54, 1.807) is 0 Å². The highest BCUT2D eigenvalue weighted by Crippen LogP contribution is 2.41. The van der Waals surface area contributed by atoms with Gasteiger partial charge in [-0.05, 0) is 0 Å². The number of fused-ring (bicyclic) bond motifs is 19. The smallest absolute Gasteiger partial charge is 0.0501 e. The van der Waals surface area contributed by atoms with Gasteiger partial charge in [-0.2, -0.15) is 0 Å². The first-order valence-corrected chi connectivity index (χ1v) is 17.6. The second-order valence-corrected chi connectivity index (χ2v) is 12.4. The standard InChI is InChI=1S/C40H48N8/c1-2-10-30-29(9-1)37-31-11-3-4-12-32(31)38(30)46-26-22-42-19-20-44-24-28-48-40-35-15-7-5-13-33(35)39(34-14-6-8-16-36(34)40)47-27-23-43-18-17-41-21-25-45-37/h1-16,41-48H,17-28H2. The molecule has 0 unspecified atom stereocenters. The van der Waals surface area contributed by atoms with Crippen LogP contribution in [0.25, 0.3) is 43.1 Å². The van der Waals surface area contributed by atoms with Crippen LogP contribution in [0, 0.1) is 0 Å². The van der Waals surface area contributed by atoms with Gasteiger partial charge in [0.05, 0.1) is 22.7 Å². The number of benzene rings is 6. The van der Waals surface area contributed by atoms with Gasteiger partial charge in [0.1, 0.15) is 0 Å². The van der Waals surface area contributed by atoms with Gasteiger partial charge in [0.25, 0.3) is 0 Å². The van der Waals surface area contributed by atoms with E-state index in [0.717, 1.165) is 78.5 Å². The summed E-state index contributed by atoms with van der Waals surface area (Å²) in [5.74, 6) is 0. The molecule has 48 heavy (non-hydrogen) atoms. The third-order valence-corrected chi connectivity index (χ3v) is 9.23. The molecule has 8 N–H and O–H groups in total. The summed E-state index contributed by atoms with van der Waals surface area (Å²) in [4.78, 5) is 0. The Balaban J connectivity index is 1.06. The van der Waals surface area contributed by atoms with Gasteiger partial charge < -0.3 is 42.5 Å². The van der Waals surface area contributed by atoms with Crippen LogP contribution in [-0.2, 0) is 0 Å². The van der Waals surface area contributed by atoms with Crippen molar-refractivity contribution >= 4 is 65.8 Å². The maximum absolute atomic E-state index is 3.78. The Labute approximate surface area is 283 Å². The molecule has 0 fully saturated rings. The van der Waals surface area contributed by atoms with E-state index in [0.29, 0.717) is 0 Å². The van der Waals surface area contributed by atoms with Crippen molar-refractivity contribution in [1.82, 2.24) is 21.3 Å². The van der Waals surface area contributed by atoms with Crippen molar-refractivity contribution in [3.8, 4) is 0 Å². The highest BCUT2D eigenvalue weighted by molar-refractivity contribution is 6.20. The van der Waals surface area contributed by atoms with E-state index >= 15 is 0 Å². The molecule has 8 heteroatoms. The van der Waals surface area contributed by atoms with Crippen LogP contribution in [0.5, 0.6) is 0 Å². The van der Waals surface area contributed by atoms with Crippen molar-refractivity contribution in [3.05, 3.63) is 97.1 Å². The quantitative estimate of drug-likeness (QED) is 0.0755. The van der Waals surface area contributed by atoms with Crippen LogP contribution in [0.4, 0.5) is 22.7 Å². The molecule has 0 atom stereocenters. The van der Waals surface area contributed by atoms with Crippen LogP contribution in [0.15, 0.2) is 97.1 Å². The zero-order chi connectivity index (χ0) is 32.4. The molecule has 0 amide bonds. The lowest BCUT2D eigenvalue weighted by Gasteiger charge is -2.20. The maximum atomic E-state index is 3.78. The number of nitrogens with one attached hydrogen (secondary N) is 8. The van der Waals surface area contributed by atoms with Crippen molar-refractivity contribution in [2.75, 3.05) is 99.8 Å². The lowest BCUT2D eigenvalue weighted by molar-refractivity contribution is 0.627. The highest BCUT2D eigenvalue weighted by Gasteiger charge is 2.15. The summed E-state index contributed by atoms with van der Waals surface area (Å²) in [6.07, 6.45) is 0. The van der Waals surface area contributed by atoms with Gasteiger partial charge in [-0.3, -0.25) is 0 Å². The Kier molecular flexibility index (Phi) is 10.7. The summed E-state index contributed by atoms with van der Waals surface area (Å²) in [5, 5.41) is 39.6. The van der Waals surface area contributed by atoms with E-state index < -0.39 is 0 Å². The summed E-state index contributed by atoms with van der Waals surface area (Å²) in [5.41, 5.74) is 4.82. The molecule has 2 heterocycles. The zero-order valence-corrected chi connectivity index (χ0v) is 27.7. The molecule has 0 aromatic heterocycles. The summed E-state index contributed by atoms with van der Waals surface area (Å²) in [6, 6.07) is 35.0. The minimum atomic E-state index is 0.852. The van der Waals surface area contributed by atoms with E-state index in [-0.39, 0.29) is 0 Å². The minimum Gasteiger partial charge on any atom is -0.383 e. The third kappa shape index (κ3) is 7.12. The first-order valence-electron chi connectivity index (χ1n) is 17.6. The molecular weight excluding hydrogens is 592 g/mol. The fraction of sp³-hybridized carbons (Fsp3) is 0.300. The van der Waals surface area contributed by atoms with Crippen molar-refractivity contribution in [3.63, 3.8) is 0 Å². The lowest BCUT2D eigenvalue weighted by atomic mass is 9.98.